The Bertz CT molecular complexity index is 745. The Morgan fingerprint density at radius 2 is 1.96 bits per heavy atom. The number of aliphatic hydroxyl groups is 1. The molecule has 0 aromatic heterocycles. The molecule has 140 valence electrons. The average Bonchev–Trinajstić information content (AvgIpc) is 3.18. The van der Waals surface area contributed by atoms with Gasteiger partial charge in [-0.25, -0.2) is 0 Å². The van der Waals surface area contributed by atoms with Gasteiger partial charge in [-0.1, -0.05) is 24.5 Å². The van der Waals surface area contributed by atoms with Gasteiger partial charge in [-0.3, -0.25) is 0 Å². The summed E-state index contributed by atoms with van der Waals surface area (Å²) in [5.74, 6) is 7.00. The Labute approximate surface area is 156 Å². The van der Waals surface area contributed by atoms with Crippen LogP contribution in [0.4, 0.5) is 0 Å². The van der Waals surface area contributed by atoms with Gasteiger partial charge in [-0.2, -0.15) is 0 Å². The summed E-state index contributed by atoms with van der Waals surface area (Å²) in [6.07, 6.45) is 10.7. The van der Waals surface area contributed by atoms with E-state index in [1.807, 2.05) is 6.92 Å². The van der Waals surface area contributed by atoms with Crippen molar-refractivity contribution >= 4 is 0 Å². The van der Waals surface area contributed by atoms with E-state index < -0.39 is 5.60 Å². The maximum absolute atomic E-state index is 11.3. The highest BCUT2D eigenvalue weighted by molar-refractivity contribution is 5.45. The molecule has 1 N–H and O–H groups in total. The van der Waals surface area contributed by atoms with Crippen molar-refractivity contribution < 1.29 is 14.6 Å². The predicted molar refractivity (Wildman–Crippen MR) is 100 cm³/mol. The molecule has 1 spiro atoms. The fourth-order valence-electron chi connectivity index (χ4n) is 6.72. The second-order valence-electron chi connectivity index (χ2n) is 9.17. The van der Waals surface area contributed by atoms with E-state index >= 15 is 0 Å². The first-order valence-corrected chi connectivity index (χ1v) is 10.4. The zero-order chi connectivity index (χ0) is 18.0. The van der Waals surface area contributed by atoms with Crippen molar-refractivity contribution in [2.75, 3.05) is 13.2 Å². The smallest absolute Gasteiger partial charge is 0.172 e. The minimum atomic E-state index is -0.814. The summed E-state index contributed by atoms with van der Waals surface area (Å²) in [4.78, 5) is 0. The second-order valence-corrected chi connectivity index (χ2v) is 9.17. The molecule has 3 heteroatoms. The van der Waals surface area contributed by atoms with Gasteiger partial charge in [0.1, 0.15) is 5.60 Å². The fraction of sp³-hybridized carbons (Fsp3) is 0.739. The molecule has 1 heterocycles. The predicted octanol–water partition coefficient (Wildman–Crippen LogP) is 4.12. The number of hydrogen-bond acceptors (Lipinski definition) is 3. The second kappa shape index (κ2) is 5.71. The van der Waals surface area contributed by atoms with Crippen LogP contribution in [0.15, 0.2) is 22.8 Å². The highest BCUT2D eigenvalue weighted by Gasteiger charge is 2.60. The average molecular weight is 354 g/mol. The largest absolute Gasteiger partial charge is 0.377 e. The Hall–Kier alpha value is -1.08. The number of ether oxygens (including phenoxy) is 2. The highest BCUT2D eigenvalue weighted by Crippen LogP contribution is 2.62. The van der Waals surface area contributed by atoms with E-state index in [0.717, 1.165) is 58.2 Å². The molecule has 5 rings (SSSR count). The molecule has 0 amide bonds. The summed E-state index contributed by atoms with van der Waals surface area (Å²) in [7, 11) is 0. The monoisotopic (exact) mass is 354 g/mol. The number of fused-ring (bicyclic) bond motifs is 4. The summed E-state index contributed by atoms with van der Waals surface area (Å²) in [6.45, 7) is 5.61. The molecule has 0 unspecified atom stereocenters. The van der Waals surface area contributed by atoms with Crippen molar-refractivity contribution in [2.45, 2.75) is 76.6 Å². The normalized spacial score (nSPS) is 43.3. The molecule has 4 atom stereocenters. The first kappa shape index (κ1) is 17.0. The maximum Gasteiger partial charge on any atom is 0.172 e. The molecular formula is C23H30O3. The Balaban J connectivity index is 1.48. The third-order valence-corrected chi connectivity index (χ3v) is 8.13. The van der Waals surface area contributed by atoms with E-state index in [-0.39, 0.29) is 11.2 Å². The number of allylic oxidation sites excluding steroid dienone is 3. The van der Waals surface area contributed by atoms with E-state index in [0.29, 0.717) is 11.8 Å². The van der Waals surface area contributed by atoms with Crippen LogP contribution in [0, 0.1) is 29.1 Å². The van der Waals surface area contributed by atoms with E-state index in [9.17, 15) is 5.11 Å². The van der Waals surface area contributed by atoms with Crippen LogP contribution >= 0.6 is 0 Å². The van der Waals surface area contributed by atoms with Gasteiger partial charge in [-0.05, 0) is 68.4 Å². The van der Waals surface area contributed by atoms with Gasteiger partial charge in [0.25, 0.3) is 0 Å². The van der Waals surface area contributed by atoms with Gasteiger partial charge < -0.3 is 14.6 Å². The van der Waals surface area contributed by atoms with Crippen molar-refractivity contribution in [1.82, 2.24) is 0 Å². The molecular weight excluding hydrogens is 324 g/mol. The highest BCUT2D eigenvalue weighted by atomic mass is 16.7. The SMILES string of the molecule is CC#C[C@]1(O)CC[C@@H]2[C@@H]3CCC4=C(CCC5(C4)OCCO5)C3=CC[C@@]21C. The molecule has 0 radical (unpaired) electrons. The van der Waals surface area contributed by atoms with Crippen LogP contribution < -0.4 is 0 Å². The Morgan fingerprint density at radius 1 is 1.15 bits per heavy atom. The van der Waals surface area contributed by atoms with E-state index in [1.54, 1.807) is 16.7 Å². The van der Waals surface area contributed by atoms with Crippen molar-refractivity contribution in [1.29, 1.82) is 0 Å². The minimum absolute atomic E-state index is 0.101. The number of rotatable bonds is 0. The van der Waals surface area contributed by atoms with E-state index in [2.05, 4.69) is 24.8 Å². The van der Waals surface area contributed by atoms with Crippen LogP contribution in [0.3, 0.4) is 0 Å². The lowest BCUT2D eigenvalue weighted by molar-refractivity contribution is -0.164. The summed E-state index contributed by atoms with van der Waals surface area (Å²) in [6, 6.07) is 0. The lowest BCUT2D eigenvalue weighted by Crippen LogP contribution is -2.48. The van der Waals surface area contributed by atoms with Crippen LogP contribution in [-0.4, -0.2) is 29.7 Å². The van der Waals surface area contributed by atoms with Gasteiger partial charge in [0.15, 0.2) is 5.79 Å². The van der Waals surface area contributed by atoms with Gasteiger partial charge in [-0.15, -0.1) is 5.92 Å². The zero-order valence-electron chi connectivity index (χ0n) is 16.1. The minimum Gasteiger partial charge on any atom is -0.377 e. The van der Waals surface area contributed by atoms with Gasteiger partial charge in [0.05, 0.1) is 13.2 Å². The van der Waals surface area contributed by atoms with Crippen molar-refractivity contribution in [3.8, 4) is 11.8 Å². The van der Waals surface area contributed by atoms with Gasteiger partial charge in [0, 0.05) is 18.3 Å². The third-order valence-electron chi connectivity index (χ3n) is 8.13. The van der Waals surface area contributed by atoms with Crippen molar-refractivity contribution in [2.24, 2.45) is 17.3 Å². The summed E-state index contributed by atoms with van der Waals surface area (Å²) in [5, 5.41) is 11.3. The summed E-state index contributed by atoms with van der Waals surface area (Å²) >= 11 is 0. The molecule has 4 aliphatic carbocycles. The first-order chi connectivity index (χ1) is 12.5. The molecule has 0 bridgehead atoms. The standard InChI is InChI=1S/C23H30O3/c1-3-9-22(24)11-8-20-19-5-4-16-15-23(25-13-14-26-23)12-7-17(16)18(19)6-10-21(20,22)2/h6,19-20,24H,4-5,7-8,10-15H2,1-2H3/t19-,20-,21+,22+/m1/s1. The van der Waals surface area contributed by atoms with Crippen LogP contribution in [0.25, 0.3) is 0 Å². The molecule has 1 aliphatic heterocycles. The molecule has 0 aromatic rings. The van der Waals surface area contributed by atoms with E-state index in [4.69, 9.17) is 9.47 Å². The quantitative estimate of drug-likeness (QED) is 0.665. The maximum atomic E-state index is 11.3. The first-order valence-electron chi connectivity index (χ1n) is 10.4. The van der Waals surface area contributed by atoms with Crippen LogP contribution in [-0.2, 0) is 9.47 Å². The topological polar surface area (TPSA) is 38.7 Å². The molecule has 3 nitrogen and oxygen atoms in total. The molecule has 26 heavy (non-hydrogen) atoms. The van der Waals surface area contributed by atoms with Crippen LogP contribution in [0.2, 0.25) is 0 Å². The lowest BCUT2D eigenvalue weighted by Gasteiger charge is -2.50. The van der Waals surface area contributed by atoms with Crippen molar-refractivity contribution in [3.05, 3.63) is 22.8 Å². The van der Waals surface area contributed by atoms with Crippen molar-refractivity contribution in [3.63, 3.8) is 0 Å². The molecule has 2 fully saturated rings. The molecule has 1 saturated heterocycles. The van der Waals surface area contributed by atoms with Crippen LogP contribution in [0.5, 0.6) is 0 Å². The van der Waals surface area contributed by atoms with Gasteiger partial charge >= 0.3 is 0 Å². The number of hydrogen-bond donors (Lipinski definition) is 1. The third kappa shape index (κ3) is 2.19. The summed E-state index contributed by atoms with van der Waals surface area (Å²) in [5.41, 5.74) is 3.85. The zero-order valence-corrected chi connectivity index (χ0v) is 16.1. The van der Waals surface area contributed by atoms with Gasteiger partial charge in [0.2, 0.25) is 0 Å². The Morgan fingerprint density at radius 3 is 2.73 bits per heavy atom. The molecule has 1 saturated carbocycles. The Kier molecular flexibility index (Phi) is 3.74. The van der Waals surface area contributed by atoms with E-state index in [1.165, 1.54) is 6.42 Å². The van der Waals surface area contributed by atoms with Crippen LogP contribution in [0.1, 0.15) is 65.2 Å². The fourth-order valence-corrected chi connectivity index (χ4v) is 6.72. The molecule has 0 aromatic carbocycles. The lowest BCUT2D eigenvalue weighted by atomic mass is 9.56. The summed E-state index contributed by atoms with van der Waals surface area (Å²) < 4.78 is 12.0. The molecule has 5 aliphatic rings.